The average molecular weight is 138 g/mol. The van der Waals surface area contributed by atoms with Crippen molar-refractivity contribution in [2.75, 3.05) is 12.6 Å². The first-order chi connectivity index (χ1) is 3.12. The predicted octanol–water partition coefficient (Wildman–Crippen LogP) is 1.19. The molecule has 0 radical (unpaired) electrons. The van der Waals surface area contributed by atoms with Crippen LogP contribution in [0.15, 0.2) is 0 Å². The van der Waals surface area contributed by atoms with E-state index in [-0.39, 0.29) is 0 Å². The SMILES string of the molecule is CN[Si](C)(C)CCl. The van der Waals surface area contributed by atoms with Crippen LogP contribution in [0, 0.1) is 0 Å². The highest BCUT2D eigenvalue weighted by Crippen LogP contribution is 1.96. The van der Waals surface area contributed by atoms with E-state index in [4.69, 9.17) is 11.6 Å². The number of alkyl halides is 1. The summed E-state index contributed by atoms with van der Waals surface area (Å²) >= 11 is 5.59. The maximum absolute atomic E-state index is 5.59. The number of rotatable bonds is 2. The number of hydrogen-bond acceptors (Lipinski definition) is 1. The quantitative estimate of drug-likeness (QED) is 0.446. The van der Waals surface area contributed by atoms with Gasteiger partial charge in [0.1, 0.15) is 8.24 Å². The van der Waals surface area contributed by atoms with Crippen molar-refractivity contribution in [3.8, 4) is 0 Å². The van der Waals surface area contributed by atoms with E-state index in [9.17, 15) is 0 Å². The van der Waals surface area contributed by atoms with Gasteiger partial charge in [-0.15, -0.1) is 11.6 Å². The molecule has 0 heterocycles. The molecular weight excluding hydrogens is 126 g/mol. The van der Waals surface area contributed by atoms with E-state index in [1.54, 1.807) is 0 Å². The first kappa shape index (κ1) is 7.47. The Bertz CT molecular complexity index is 49.7. The molecule has 0 saturated carbocycles. The van der Waals surface area contributed by atoms with E-state index in [1.807, 2.05) is 7.05 Å². The second-order valence-electron chi connectivity index (χ2n) is 2.27. The summed E-state index contributed by atoms with van der Waals surface area (Å²) in [7, 11) is 0.831. The van der Waals surface area contributed by atoms with Gasteiger partial charge in [-0.1, -0.05) is 13.1 Å². The molecule has 7 heavy (non-hydrogen) atoms. The Morgan fingerprint density at radius 2 is 2.00 bits per heavy atom. The Balaban J connectivity index is 3.36. The summed E-state index contributed by atoms with van der Waals surface area (Å²) in [4.78, 5) is 3.20. The molecule has 0 atom stereocenters. The van der Waals surface area contributed by atoms with Gasteiger partial charge in [0.2, 0.25) is 0 Å². The molecular formula is C4H12ClNSi. The Morgan fingerprint density at radius 1 is 1.57 bits per heavy atom. The molecule has 0 fully saturated rings. The average Bonchev–Trinajstić information content (AvgIpc) is 1.68. The molecule has 0 aliphatic heterocycles. The zero-order chi connectivity index (χ0) is 5.91. The minimum Gasteiger partial charge on any atom is -0.339 e. The zero-order valence-corrected chi connectivity index (χ0v) is 6.84. The largest absolute Gasteiger partial charge is 0.339 e. The van der Waals surface area contributed by atoms with Gasteiger partial charge >= 0.3 is 0 Å². The molecule has 0 saturated heterocycles. The third-order valence-electron chi connectivity index (χ3n) is 1.01. The maximum atomic E-state index is 5.59. The lowest BCUT2D eigenvalue weighted by Gasteiger charge is -2.15. The van der Waals surface area contributed by atoms with Crippen molar-refractivity contribution in [1.82, 2.24) is 4.98 Å². The number of nitrogens with one attached hydrogen (secondary N) is 1. The van der Waals surface area contributed by atoms with E-state index in [0.29, 0.717) is 0 Å². The lowest BCUT2D eigenvalue weighted by molar-refractivity contribution is 1.16. The third kappa shape index (κ3) is 3.09. The van der Waals surface area contributed by atoms with Crippen molar-refractivity contribution in [3.63, 3.8) is 0 Å². The van der Waals surface area contributed by atoms with Gasteiger partial charge in [-0.2, -0.15) is 0 Å². The van der Waals surface area contributed by atoms with Crippen LogP contribution in [0.1, 0.15) is 0 Å². The summed E-state index contributed by atoms with van der Waals surface area (Å²) in [6, 6.07) is 0. The fraction of sp³-hybridized carbons (Fsp3) is 1.00. The van der Waals surface area contributed by atoms with Gasteiger partial charge in [0.15, 0.2) is 0 Å². The topological polar surface area (TPSA) is 12.0 Å². The Labute approximate surface area is 51.1 Å². The van der Waals surface area contributed by atoms with Crippen molar-refractivity contribution >= 4 is 19.8 Å². The fourth-order valence-electron chi connectivity index (χ4n) is 0.0668. The Morgan fingerprint density at radius 3 is 2.00 bits per heavy atom. The highest BCUT2D eigenvalue weighted by Gasteiger charge is 2.14. The minimum atomic E-state index is -1.14. The molecule has 0 aliphatic carbocycles. The van der Waals surface area contributed by atoms with E-state index in [2.05, 4.69) is 18.1 Å². The summed E-state index contributed by atoms with van der Waals surface area (Å²) in [5.74, 6) is 0. The van der Waals surface area contributed by atoms with Gasteiger partial charge in [0, 0.05) is 5.50 Å². The van der Waals surface area contributed by atoms with Gasteiger partial charge in [-0.25, -0.2) is 0 Å². The lowest BCUT2D eigenvalue weighted by atomic mass is 11.6. The van der Waals surface area contributed by atoms with Gasteiger partial charge < -0.3 is 4.98 Å². The molecule has 1 nitrogen and oxygen atoms in total. The van der Waals surface area contributed by atoms with Gasteiger partial charge in [0.05, 0.1) is 0 Å². The highest BCUT2D eigenvalue weighted by molar-refractivity contribution is 6.80. The molecule has 44 valence electrons. The summed E-state index contributed by atoms with van der Waals surface area (Å²) in [5.41, 5.74) is 0.795. The van der Waals surface area contributed by atoms with Gasteiger partial charge in [0.25, 0.3) is 0 Å². The molecule has 0 spiro atoms. The van der Waals surface area contributed by atoms with Crippen LogP contribution in [0.4, 0.5) is 0 Å². The van der Waals surface area contributed by atoms with Crippen LogP contribution >= 0.6 is 11.6 Å². The van der Waals surface area contributed by atoms with Crippen LogP contribution in [-0.4, -0.2) is 20.8 Å². The Kier molecular flexibility index (Phi) is 2.88. The normalized spacial score (nSPS) is 12.0. The van der Waals surface area contributed by atoms with Crippen molar-refractivity contribution in [2.45, 2.75) is 13.1 Å². The van der Waals surface area contributed by atoms with Crippen molar-refractivity contribution in [3.05, 3.63) is 0 Å². The molecule has 0 unspecified atom stereocenters. The third-order valence-corrected chi connectivity index (χ3v) is 5.04. The molecule has 0 aromatic heterocycles. The molecule has 0 amide bonds. The van der Waals surface area contributed by atoms with E-state index < -0.39 is 8.24 Å². The zero-order valence-electron chi connectivity index (χ0n) is 5.09. The minimum absolute atomic E-state index is 0.795. The molecule has 0 bridgehead atoms. The van der Waals surface area contributed by atoms with Crippen molar-refractivity contribution in [1.29, 1.82) is 0 Å². The van der Waals surface area contributed by atoms with E-state index >= 15 is 0 Å². The molecule has 3 heteroatoms. The van der Waals surface area contributed by atoms with Crippen LogP contribution in [0.2, 0.25) is 13.1 Å². The van der Waals surface area contributed by atoms with Crippen LogP contribution in [0.5, 0.6) is 0 Å². The second-order valence-corrected chi connectivity index (χ2v) is 7.60. The molecule has 0 rings (SSSR count). The van der Waals surface area contributed by atoms with Crippen LogP contribution in [0.3, 0.4) is 0 Å². The summed E-state index contributed by atoms with van der Waals surface area (Å²) in [6.07, 6.45) is 0. The smallest absolute Gasteiger partial charge is 0.134 e. The summed E-state index contributed by atoms with van der Waals surface area (Å²) < 4.78 is 0. The monoisotopic (exact) mass is 137 g/mol. The fourth-order valence-corrected chi connectivity index (χ4v) is 0.601. The summed E-state index contributed by atoms with van der Waals surface area (Å²) in [5, 5.41) is 0. The Hall–Kier alpha value is 0.467. The highest BCUT2D eigenvalue weighted by atomic mass is 35.5. The van der Waals surface area contributed by atoms with Crippen LogP contribution in [0.25, 0.3) is 0 Å². The van der Waals surface area contributed by atoms with Crippen molar-refractivity contribution in [2.24, 2.45) is 0 Å². The number of halogens is 1. The number of hydrogen-bond donors (Lipinski definition) is 1. The standard InChI is InChI=1S/C4H12ClNSi/c1-6-7(2,3)4-5/h6H,4H2,1-3H3. The molecule has 0 aliphatic rings. The first-order valence-electron chi connectivity index (χ1n) is 2.37. The summed E-state index contributed by atoms with van der Waals surface area (Å²) in [6.45, 7) is 4.39. The predicted molar refractivity (Wildman–Crippen MR) is 37.3 cm³/mol. The second kappa shape index (κ2) is 2.70. The molecule has 0 aromatic carbocycles. The van der Waals surface area contributed by atoms with E-state index in [1.165, 1.54) is 0 Å². The molecule has 1 N–H and O–H groups in total. The molecule has 0 aromatic rings. The van der Waals surface area contributed by atoms with Crippen molar-refractivity contribution < 1.29 is 0 Å². The van der Waals surface area contributed by atoms with E-state index in [0.717, 1.165) is 5.50 Å². The van der Waals surface area contributed by atoms with Crippen LogP contribution < -0.4 is 4.98 Å². The maximum Gasteiger partial charge on any atom is 0.134 e. The van der Waals surface area contributed by atoms with Crippen LogP contribution in [-0.2, 0) is 0 Å². The van der Waals surface area contributed by atoms with Gasteiger partial charge in [-0.3, -0.25) is 0 Å². The lowest BCUT2D eigenvalue weighted by Crippen LogP contribution is -2.44. The first-order valence-corrected chi connectivity index (χ1v) is 6.11. The van der Waals surface area contributed by atoms with Gasteiger partial charge in [-0.05, 0) is 7.05 Å².